The Hall–Kier alpha value is -0.810. The second-order valence-electron chi connectivity index (χ2n) is 5.89. The highest BCUT2D eigenvalue weighted by atomic mass is 35.5. The molecule has 0 bridgehead atoms. The third-order valence-electron chi connectivity index (χ3n) is 4.43. The van der Waals surface area contributed by atoms with Crippen molar-refractivity contribution < 1.29 is 4.79 Å². The van der Waals surface area contributed by atoms with E-state index in [4.69, 9.17) is 23.2 Å². The molecule has 1 amide bonds. The molecule has 2 saturated heterocycles. The van der Waals surface area contributed by atoms with Gasteiger partial charge in [-0.1, -0.05) is 29.3 Å². The van der Waals surface area contributed by atoms with Crippen molar-refractivity contribution >= 4 is 29.1 Å². The number of benzene rings is 1. The van der Waals surface area contributed by atoms with Crippen LogP contribution in [0.25, 0.3) is 0 Å². The number of amides is 1. The van der Waals surface area contributed by atoms with Crippen molar-refractivity contribution in [3.05, 3.63) is 33.8 Å². The van der Waals surface area contributed by atoms with Crippen molar-refractivity contribution in [1.82, 2.24) is 15.1 Å². The van der Waals surface area contributed by atoms with Gasteiger partial charge < -0.3 is 10.2 Å². The molecular weight excluding hydrogens is 321 g/mol. The molecule has 2 fully saturated rings. The van der Waals surface area contributed by atoms with E-state index in [1.54, 1.807) is 6.07 Å². The van der Waals surface area contributed by atoms with E-state index in [0.717, 1.165) is 57.7 Å². The minimum absolute atomic E-state index is 0.192. The van der Waals surface area contributed by atoms with Crippen molar-refractivity contribution in [2.45, 2.75) is 18.9 Å². The summed E-state index contributed by atoms with van der Waals surface area (Å²) in [6, 6.07) is 5.29. The van der Waals surface area contributed by atoms with Gasteiger partial charge in [0.05, 0.1) is 10.0 Å². The first kappa shape index (κ1) is 16.1. The van der Waals surface area contributed by atoms with Gasteiger partial charge in [0, 0.05) is 39.3 Å². The summed E-state index contributed by atoms with van der Waals surface area (Å²) >= 11 is 12.2. The predicted octanol–water partition coefficient (Wildman–Crippen LogP) is 2.56. The zero-order valence-electron chi connectivity index (χ0n) is 12.5. The summed E-state index contributed by atoms with van der Waals surface area (Å²) < 4.78 is 0. The lowest BCUT2D eigenvalue weighted by atomic mass is 10.0. The van der Waals surface area contributed by atoms with Crippen LogP contribution in [0.2, 0.25) is 10.0 Å². The Kier molecular flexibility index (Phi) is 5.24. The third kappa shape index (κ3) is 3.40. The first-order chi connectivity index (χ1) is 10.7. The van der Waals surface area contributed by atoms with Gasteiger partial charge in [0.1, 0.15) is 6.04 Å². The number of halogens is 2. The number of hydrogen-bond acceptors (Lipinski definition) is 3. The first-order valence-corrected chi connectivity index (χ1v) is 8.61. The Bertz CT molecular complexity index is 540. The van der Waals surface area contributed by atoms with Crippen LogP contribution in [-0.4, -0.2) is 55.0 Å². The normalized spacial score (nSPS) is 21.1. The fourth-order valence-corrected chi connectivity index (χ4v) is 3.55. The molecule has 120 valence electrons. The van der Waals surface area contributed by atoms with Gasteiger partial charge in [-0.25, -0.2) is 0 Å². The topological polar surface area (TPSA) is 35.6 Å². The number of nitrogens with zero attached hydrogens (tertiary/aromatic N) is 2. The van der Waals surface area contributed by atoms with E-state index < -0.39 is 0 Å². The SMILES string of the molecule is O=C(C(c1ccc(Cl)c(Cl)c1)N1CCNCC1)N1CCCC1. The molecular formula is C16H21Cl2N3O. The Morgan fingerprint density at radius 2 is 1.73 bits per heavy atom. The van der Waals surface area contributed by atoms with Crippen molar-refractivity contribution in [3.63, 3.8) is 0 Å². The van der Waals surface area contributed by atoms with Crippen LogP contribution < -0.4 is 5.32 Å². The van der Waals surface area contributed by atoms with Crippen molar-refractivity contribution in [2.24, 2.45) is 0 Å². The summed E-state index contributed by atoms with van der Waals surface area (Å²) in [5, 5.41) is 4.37. The van der Waals surface area contributed by atoms with Gasteiger partial charge in [-0.15, -0.1) is 0 Å². The molecule has 0 radical (unpaired) electrons. The molecule has 1 aromatic carbocycles. The van der Waals surface area contributed by atoms with Crippen LogP contribution in [0.5, 0.6) is 0 Å². The predicted molar refractivity (Wildman–Crippen MR) is 89.5 cm³/mol. The maximum atomic E-state index is 13.0. The summed E-state index contributed by atoms with van der Waals surface area (Å²) in [7, 11) is 0. The number of carbonyl (C=O) groups excluding carboxylic acids is 1. The van der Waals surface area contributed by atoms with Crippen LogP contribution in [0.3, 0.4) is 0 Å². The Labute approximate surface area is 141 Å². The van der Waals surface area contributed by atoms with Crippen LogP contribution in [0.1, 0.15) is 24.4 Å². The van der Waals surface area contributed by atoms with Crippen LogP contribution in [-0.2, 0) is 4.79 Å². The maximum Gasteiger partial charge on any atom is 0.244 e. The average Bonchev–Trinajstić information content (AvgIpc) is 3.06. The molecule has 22 heavy (non-hydrogen) atoms. The smallest absolute Gasteiger partial charge is 0.244 e. The highest BCUT2D eigenvalue weighted by Crippen LogP contribution is 2.30. The van der Waals surface area contributed by atoms with E-state index in [9.17, 15) is 4.79 Å². The van der Waals surface area contributed by atoms with E-state index in [2.05, 4.69) is 10.2 Å². The van der Waals surface area contributed by atoms with E-state index >= 15 is 0 Å². The van der Waals surface area contributed by atoms with Gasteiger partial charge in [0.2, 0.25) is 5.91 Å². The molecule has 0 aromatic heterocycles. The fraction of sp³-hybridized carbons (Fsp3) is 0.562. The lowest BCUT2D eigenvalue weighted by Gasteiger charge is -2.36. The summed E-state index contributed by atoms with van der Waals surface area (Å²) in [5.74, 6) is 0.192. The molecule has 1 aromatic rings. The summed E-state index contributed by atoms with van der Waals surface area (Å²) in [6.07, 6.45) is 2.20. The van der Waals surface area contributed by atoms with Crippen LogP contribution in [0.4, 0.5) is 0 Å². The fourth-order valence-electron chi connectivity index (χ4n) is 3.24. The molecule has 6 heteroatoms. The highest BCUT2D eigenvalue weighted by molar-refractivity contribution is 6.42. The number of piperazine rings is 1. The number of nitrogens with one attached hydrogen (secondary N) is 1. The number of rotatable bonds is 3. The molecule has 1 unspecified atom stereocenters. The van der Waals surface area contributed by atoms with Gasteiger partial charge >= 0.3 is 0 Å². The molecule has 0 saturated carbocycles. The number of hydrogen-bond donors (Lipinski definition) is 1. The monoisotopic (exact) mass is 341 g/mol. The second-order valence-corrected chi connectivity index (χ2v) is 6.71. The first-order valence-electron chi connectivity index (χ1n) is 7.85. The Morgan fingerprint density at radius 1 is 1.05 bits per heavy atom. The van der Waals surface area contributed by atoms with E-state index in [1.807, 2.05) is 17.0 Å². The molecule has 2 heterocycles. The Morgan fingerprint density at radius 3 is 2.36 bits per heavy atom. The molecule has 2 aliphatic heterocycles. The maximum absolute atomic E-state index is 13.0. The van der Waals surface area contributed by atoms with E-state index in [0.29, 0.717) is 10.0 Å². The van der Waals surface area contributed by atoms with Gasteiger partial charge in [-0.3, -0.25) is 9.69 Å². The minimum Gasteiger partial charge on any atom is -0.341 e. The van der Waals surface area contributed by atoms with Crippen molar-refractivity contribution in [2.75, 3.05) is 39.3 Å². The number of likely N-dealkylation sites (tertiary alicyclic amines) is 1. The van der Waals surface area contributed by atoms with Crippen LogP contribution >= 0.6 is 23.2 Å². The minimum atomic E-state index is -0.255. The molecule has 1 atom stereocenters. The van der Waals surface area contributed by atoms with Gasteiger partial charge in [0.15, 0.2) is 0 Å². The zero-order valence-corrected chi connectivity index (χ0v) is 14.0. The molecule has 4 nitrogen and oxygen atoms in total. The van der Waals surface area contributed by atoms with Crippen molar-refractivity contribution in [1.29, 1.82) is 0 Å². The van der Waals surface area contributed by atoms with Gasteiger partial charge in [-0.05, 0) is 30.5 Å². The summed E-state index contributed by atoms with van der Waals surface area (Å²) in [4.78, 5) is 17.3. The van der Waals surface area contributed by atoms with E-state index in [-0.39, 0.29) is 11.9 Å². The van der Waals surface area contributed by atoms with Crippen LogP contribution in [0.15, 0.2) is 18.2 Å². The quantitative estimate of drug-likeness (QED) is 0.917. The molecule has 0 aliphatic carbocycles. The van der Waals surface area contributed by atoms with Gasteiger partial charge in [-0.2, -0.15) is 0 Å². The van der Waals surface area contributed by atoms with E-state index in [1.165, 1.54) is 0 Å². The lowest BCUT2D eigenvalue weighted by molar-refractivity contribution is -0.136. The summed E-state index contributed by atoms with van der Waals surface area (Å²) in [6.45, 7) is 5.27. The lowest BCUT2D eigenvalue weighted by Crippen LogP contribution is -2.49. The van der Waals surface area contributed by atoms with Crippen LogP contribution in [0, 0.1) is 0 Å². The second kappa shape index (κ2) is 7.18. The largest absolute Gasteiger partial charge is 0.341 e. The molecule has 0 spiro atoms. The Balaban J connectivity index is 1.90. The molecule has 2 aliphatic rings. The third-order valence-corrected chi connectivity index (χ3v) is 5.17. The molecule has 1 N–H and O–H groups in total. The highest BCUT2D eigenvalue weighted by Gasteiger charge is 2.33. The standard InChI is InChI=1S/C16H21Cl2N3O/c17-13-4-3-12(11-14(13)18)15(20-9-5-19-6-10-20)16(22)21-7-1-2-8-21/h3-4,11,15,19H,1-2,5-10H2. The average molecular weight is 342 g/mol. The zero-order chi connectivity index (χ0) is 15.5. The van der Waals surface area contributed by atoms with Gasteiger partial charge in [0.25, 0.3) is 0 Å². The van der Waals surface area contributed by atoms with Crippen molar-refractivity contribution in [3.8, 4) is 0 Å². The summed E-state index contributed by atoms with van der Waals surface area (Å²) in [5.41, 5.74) is 0.938. The molecule has 3 rings (SSSR count). The number of carbonyl (C=O) groups is 1.